The highest BCUT2D eigenvalue weighted by Gasteiger charge is 2.27. The van der Waals surface area contributed by atoms with Crippen LogP contribution >= 0.6 is 0 Å². The molecule has 1 amide bonds. The third-order valence-electron chi connectivity index (χ3n) is 6.60. The van der Waals surface area contributed by atoms with Gasteiger partial charge in [-0.3, -0.25) is 4.79 Å². The van der Waals surface area contributed by atoms with Crippen molar-refractivity contribution in [3.8, 4) is 0 Å². The lowest BCUT2D eigenvalue weighted by atomic mass is 9.95. The maximum absolute atomic E-state index is 13.4. The molecule has 1 fully saturated rings. The summed E-state index contributed by atoms with van der Waals surface area (Å²) in [6.45, 7) is 2.81. The molecule has 30 heavy (non-hydrogen) atoms. The predicted molar refractivity (Wildman–Crippen MR) is 119 cm³/mol. The van der Waals surface area contributed by atoms with Crippen molar-refractivity contribution in [3.63, 3.8) is 0 Å². The van der Waals surface area contributed by atoms with Gasteiger partial charge in [-0.1, -0.05) is 43.5 Å². The number of rotatable bonds is 5. The Bertz CT molecular complexity index is 1070. The van der Waals surface area contributed by atoms with E-state index in [1.807, 2.05) is 16.9 Å². The number of nitrogens with zero attached hydrogens (tertiary/aromatic N) is 3. The summed E-state index contributed by atoms with van der Waals surface area (Å²) in [6, 6.07) is 8.86. The lowest BCUT2D eigenvalue weighted by Gasteiger charge is -2.25. The number of fused-ring (bicyclic) bond motifs is 2. The monoisotopic (exact) mass is 403 g/mol. The summed E-state index contributed by atoms with van der Waals surface area (Å²) in [5.74, 6) is -0.0614. The summed E-state index contributed by atoms with van der Waals surface area (Å²) in [5.41, 5.74) is 4.91. The average molecular weight is 404 g/mol. The summed E-state index contributed by atoms with van der Waals surface area (Å²) in [6.07, 6.45) is 11.6. The molecule has 2 aromatic heterocycles. The molecule has 6 nitrogen and oxygen atoms in total. The molecule has 2 aliphatic carbocycles. The van der Waals surface area contributed by atoms with Gasteiger partial charge in [0.15, 0.2) is 5.65 Å². The van der Waals surface area contributed by atoms with E-state index in [1.165, 1.54) is 30.4 Å². The number of pyridine rings is 1. The standard InChI is InChI=1S/C24H29N5O/c1-2-29-23-19(15-26-29)22(27-17-9-4-3-5-10-17)20(14-25-23)24(30)28-21-13-12-16-8-6-7-11-18(16)21/h6-8,11,14-15,17,21H,2-5,9-10,12-13H2,1H3,(H,25,27)(H,28,30)/t21-/m1/s1. The number of nitrogens with one attached hydrogen (secondary N) is 2. The van der Waals surface area contributed by atoms with Gasteiger partial charge in [0.1, 0.15) is 0 Å². The molecule has 2 heterocycles. The molecule has 1 saturated carbocycles. The minimum atomic E-state index is -0.0614. The SMILES string of the molecule is CCn1ncc2c(NC3CCCCC3)c(C(=O)N[C@@H]3CCc4ccccc43)cnc21. The van der Waals surface area contributed by atoms with Gasteiger partial charge in [-0.2, -0.15) is 5.10 Å². The highest BCUT2D eigenvalue weighted by molar-refractivity contribution is 6.06. The number of hydrogen-bond acceptors (Lipinski definition) is 4. The first kappa shape index (κ1) is 19.1. The Balaban J connectivity index is 1.48. The predicted octanol–water partition coefficient (Wildman–Crippen LogP) is 4.61. The number of anilines is 1. The van der Waals surface area contributed by atoms with E-state index in [9.17, 15) is 4.79 Å². The first-order chi connectivity index (χ1) is 14.7. The summed E-state index contributed by atoms with van der Waals surface area (Å²) in [5, 5.41) is 12.4. The van der Waals surface area contributed by atoms with Gasteiger partial charge in [-0.05, 0) is 43.7 Å². The van der Waals surface area contributed by atoms with Crippen molar-refractivity contribution in [2.24, 2.45) is 0 Å². The zero-order chi connectivity index (χ0) is 20.5. The van der Waals surface area contributed by atoms with E-state index in [4.69, 9.17) is 0 Å². The van der Waals surface area contributed by atoms with Gasteiger partial charge in [-0.15, -0.1) is 0 Å². The van der Waals surface area contributed by atoms with Gasteiger partial charge in [0.05, 0.1) is 28.9 Å². The number of carbonyl (C=O) groups is 1. The molecule has 2 N–H and O–H groups in total. The van der Waals surface area contributed by atoms with Crippen LogP contribution in [0, 0.1) is 0 Å². The molecular formula is C24H29N5O. The second kappa shape index (κ2) is 8.09. The van der Waals surface area contributed by atoms with Crippen LogP contribution < -0.4 is 10.6 Å². The molecule has 0 bridgehead atoms. The Morgan fingerprint density at radius 2 is 1.97 bits per heavy atom. The Hall–Kier alpha value is -2.89. The number of aryl methyl sites for hydroxylation is 2. The summed E-state index contributed by atoms with van der Waals surface area (Å²) < 4.78 is 1.89. The van der Waals surface area contributed by atoms with Gasteiger partial charge in [-0.25, -0.2) is 9.67 Å². The number of hydrogen-bond donors (Lipinski definition) is 2. The van der Waals surface area contributed by atoms with E-state index in [-0.39, 0.29) is 11.9 Å². The van der Waals surface area contributed by atoms with Crippen molar-refractivity contribution in [3.05, 3.63) is 53.3 Å². The first-order valence-corrected chi connectivity index (χ1v) is 11.2. The van der Waals surface area contributed by atoms with E-state index in [2.05, 4.69) is 45.8 Å². The van der Waals surface area contributed by atoms with Crippen LogP contribution in [0.3, 0.4) is 0 Å². The third-order valence-corrected chi connectivity index (χ3v) is 6.60. The molecule has 5 rings (SSSR count). The van der Waals surface area contributed by atoms with Crippen molar-refractivity contribution in [2.45, 2.75) is 70.5 Å². The van der Waals surface area contributed by atoms with Crippen LogP contribution in [0.15, 0.2) is 36.7 Å². The van der Waals surface area contributed by atoms with E-state index in [1.54, 1.807) is 6.20 Å². The van der Waals surface area contributed by atoms with Crippen LogP contribution in [0.5, 0.6) is 0 Å². The average Bonchev–Trinajstić information content (AvgIpc) is 3.39. The Morgan fingerprint density at radius 1 is 1.13 bits per heavy atom. The zero-order valence-corrected chi connectivity index (χ0v) is 17.5. The molecule has 2 aliphatic rings. The summed E-state index contributed by atoms with van der Waals surface area (Å²) in [4.78, 5) is 18.0. The van der Waals surface area contributed by atoms with Crippen molar-refractivity contribution < 1.29 is 4.79 Å². The van der Waals surface area contributed by atoms with E-state index >= 15 is 0 Å². The molecule has 0 spiro atoms. The summed E-state index contributed by atoms with van der Waals surface area (Å²) in [7, 11) is 0. The van der Waals surface area contributed by atoms with Gasteiger partial charge in [0.25, 0.3) is 5.91 Å². The van der Waals surface area contributed by atoms with Gasteiger partial charge in [0.2, 0.25) is 0 Å². The van der Waals surface area contributed by atoms with Crippen LogP contribution in [0.25, 0.3) is 11.0 Å². The highest BCUT2D eigenvalue weighted by Crippen LogP contribution is 2.33. The highest BCUT2D eigenvalue weighted by atomic mass is 16.1. The number of amides is 1. The molecule has 0 aliphatic heterocycles. The fourth-order valence-corrected chi connectivity index (χ4v) is 4.98. The first-order valence-electron chi connectivity index (χ1n) is 11.2. The molecule has 0 radical (unpaired) electrons. The molecule has 0 unspecified atom stereocenters. The molecule has 0 saturated heterocycles. The molecule has 156 valence electrons. The summed E-state index contributed by atoms with van der Waals surface area (Å²) >= 11 is 0. The van der Waals surface area contributed by atoms with Crippen molar-refractivity contribution >= 4 is 22.6 Å². The Labute approximate surface area is 177 Å². The Kier molecular flexibility index (Phi) is 5.15. The van der Waals surface area contributed by atoms with E-state index in [0.717, 1.165) is 48.9 Å². The van der Waals surface area contributed by atoms with Crippen molar-refractivity contribution in [1.82, 2.24) is 20.1 Å². The van der Waals surface area contributed by atoms with Crippen LogP contribution in [-0.4, -0.2) is 26.7 Å². The van der Waals surface area contributed by atoms with Gasteiger partial charge in [0, 0.05) is 18.8 Å². The minimum Gasteiger partial charge on any atom is -0.381 e. The minimum absolute atomic E-state index is 0.0605. The van der Waals surface area contributed by atoms with Crippen LogP contribution in [0.4, 0.5) is 5.69 Å². The quantitative estimate of drug-likeness (QED) is 0.652. The molecule has 1 atom stereocenters. The number of aromatic nitrogens is 3. The third kappa shape index (κ3) is 3.44. The molecular weight excluding hydrogens is 374 g/mol. The lowest BCUT2D eigenvalue weighted by Crippen LogP contribution is -2.30. The van der Waals surface area contributed by atoms with Gasteiger partial charge < -0.3 is 10.6 Å². The zero-order valence-electron chi connectivity index (χ0n) is 17.5. The number of benzene rings is 1. The second-order valence-corrected chi connectivity index (χ2v) is 8.49. The maximum Gasteiger partial charge on any atom is 0.255 e. The lowest BCUT2D eigenvalue weighted by molar-refractivity contribution is 0.0937. The van der Waals surface area contributed by atoms with Crippen LogP contribution in [0.2, 0.25) is 0 Å². The second-order valence-electron chi connectivity index (χ2n) is 8.49. The molecule has 1 aromatic carbocycles. The largest absolute Gasteiger partial charge is 0.381 e. The van der Waals surface area contributed by atoms with Crippen LogP contribution in [0.1, 0.15) is 73.0 Å². The topological polar surface area (TPSA) is 71.8 Å². The smallest absolute Gasteiger partial charge is 0.255 e. The fourth-order valence-electron chi connectivity index (χ4n) is 4.98. The van der Waals surface area contributed by atoms with E-state index < -0.39 is 0 Å². The van der Waals surface area contributed by atoms with E-state index in [0.29, 0.717) is 11.6 Å². The van der Waals surface area contributed by atoms with Gasteiger partial charge >= 0.3 is 0 Å². The number of carbonyl (C=O) groups excluding carboxylic acids is 1. The fraction of sp³-hybridized carbons (Fsp3) is 0.458. The van der Waals surface area contributed by atoms with Crippen molar-refractivity contribution in [1.29, 1.82) is 0 Å². The Morgan fingerprint density at radius 3 is 2.80 bits per heavy atom. The molecule has 6 heteroatoms. The normalized spacial score (nSPS) is 19.0. The van der Waals surface area contributed by atoms with Crippen LogP contribution in [-0.2, 0) is 13.0 Å². The molecule has 3 aromatic rings. The van der Waals surface area contributed by atoms with Crippen molar-refractivity contribution in [2.75, 3.05) is 5.32 Å². The maximum atomic E-state index is 13.4.